The van der Waals surface area contributed by atoms with Gasteiger partial charge in [-0.1, -0.05) is 13.8 Å². The standard InChI is InChI=1S/C26H37N5O6/c1-16(2)12-19(23(34)26(4)15-37-26)29-24(35)20(13-18-7-9-27-10-8-18)30-25(36)21-6-5-11-31(21)22(33)14-28-17(3)32/h7-10,16,19-21H,5-6,11-15H2,1-4H3,(H,28,32)(H,29,35)(H,30,36)/t19?,20-,21-,26+/m0/s1. The molecule has 1 unspecified atom stereocenters. The first-order valence-electron chi connectivity index (χ1n) is 12.7. The van der Waals surface area contributed by atoms with Crippen molar-refractivity contribution in [1.82, 2.24) is 25.8 Å². The molecule has 0 spiro atoms. The van der Waals surface area contributed by atoms with Crippen molar-refractivity contribution >= 4 is 29.4 Å². The van der Waals surface area contributed by atoms with Gasteiger partial charge in [0, 0.05) is 32.3 Å². The number of ketones is 1. The van der Waals surface area contributed by atoms with Crippen molar-refractivity contribution in [2.24, 2.45) is 5.92 Å². The Hall–Kier alpha value is -3.34. The van der Waals surface area contributed by atoms with Crippen LogP contribution in [0.3, 0.4) is 0 Å². The minimum absolute atomic E-state index is 0.145. The molecule has 0 aromatic carbocycles. The number of rotatable bonds is 12. The maximum atomic E-state index is 13.5. The minimum Gasteiger partial charge on any atom is -0.361 e. The van der Waals surface area contributed by atoms with Crippen LogP contribution in [-0.2, 0) is 35.1 Å². The summed E-state index contributed by atoms with van der Waals surface area (Å²) in [4.78, 5) is 69.0. The van der Waals surface area contributed by atoms with Crippen LogP contribution in [0.5, 0.6) is 0 Å². The number of amides is 4. The van der Waals surface area contributed by atoms with Crippen LogP contribution in [0.25, 0.3) is 0 Å². The number of epoxide rings is 1. The van der Waals surface area contributed by atoms with Gasteiger partial charge in [-0.3, -0.25) is 29.0 Å². The van der Waals surface area contributed by atoms with Gasteiger partial charge in [-0.2, -0.15) is 0 Å². The first kappa shape index (κ1) is 28.2. The average Bonchev–Trinajstić information content (AvgIpc) is 3.40. The summed E-state index contributed by atoms with van der Waals surface area (Å²) in [5.74, 6) is -1.67. The van der Waals surface area contributed by atoms with Gasteiger partial charge >= 0.3 is 0 Å². The summed E-state index contributed by atoms with van der Waals surface area (Å²) < 4.78 is 5.32. The van der Waals surface area contributed by atoms with Crippen LogP contribution in [0, 0.1) is 5.92 Å². The van der Waals surface area contributed by atoms with Crippen molar-refractivity contribution in [3.63, 3.8) is 0 Å². The van der Waals surface area contributed by atoms with Gasteiger partial charge in [0.2, 0.25) is 23.6 Å². The number of nitrogens with one attached hydrogen (secondary N) is 3. The molecule has 2 aliphatic rings. The smallest absolute Gasteiger partial charge is 0.243 e. The third-order valence-corrected chi connectivity index (χ3v) is 6.63. The molecule has 2 fully saturated rings. The summed E-state index contributed by atoms with van der Waals surface area (Å²) in [5.41, 5.74) is -0.111. The second kappa shape index (κ2) is 12.3. The van der Waals surface area contributed by atoms with Crippen molar-refractivity contribution in [1.29, 1.82) is 0 Å². The zero-order valence-electron chi connectivity index (χ0n) is 21.9. The molecular weight excluding hydrogens is 478 g/mol. The SMILES string of the molecule is CC(=O)NCC(=O)N1CCC[C@H]1C(=O)N[C@@H](Cc1ccncc1)C(=O)NC(CC(C)C)C(=O)[C@@]1(C)CO1. The minimum atomic E-state index is -0.974. The molecule has 2 aliphatic heterocycles. The van der Waals surface area contributed by atoms with E-state index in [1.165, 1.54) is 11.8 Å². The number of carbonyl (C=O) groups is 5. The zero-order chi connectivity index (χ0) is 27.2. The molecule has 4 atom stereocenters. The number of likely N-dealkylation sites (tertiary alicyclic amines) is 1. The molecule has 0 aliphatic carbocycles. The van der Waals surface area contributed by atoms with E-state index in [-0.39, 0.29) is 36.5 Å². The molecule has 3 heterocycles. The van der Waals surface area contributed by atoms with E-state index in [0.29, 0.717) is 32.4 Å². The van der Waals surface area contributed by atoms with Crippen molar-refractivity contribution in [2.45, 2.75) is 77.1 Å². The number of hydrogen-bond donors (Lipinski definition) is 3. The van der Waals surface area contributed by atoms with Crippen LogP contribution in [0.4, 0.5) is 0 Å². The van der Waals surface area contributed by atoms with E-state index < -0.39 is 35.5 Å². The Labute approximate surface area is 217 Å². The first-order chi connectivity index (χ1) is 17.5. The fourth-order valence-corrected chi connectivity index (χ4v) is 4.47. The molecule has 4 amide bonds. The molecule has 3 N–H and O–H groups in total. The van der Waals surface area contributed by atoms with Crippen molar-refractivity contribution in [2.75, 3.05) is 19.7 Å². The second-order valence-corrected chi connectivity index (χ2v) is 10.4. The fraction of sp³-hybridized carbons (Fsp3) is 0.615. The largest absolute Gasteiger partial charge is 0.361 e. The first-order valence-corrected chi connectivity index (χ1v) is 12.7. The van der Waals surface area contributed by atoms with Crippen LogP contribution < -0.4 is 16.0 Å². The van der Waals surface area contributed by atoms with Crippen LogP contribution in [0.2, 0.25) is 0 Å². The van der Waals surface area contributed by atoms with E-state index in [1.54, 1.807) is 31.5 Å². The summed E-state index contributed by atoms with van der Waals surface area (Å²) in [6.45, 7) is 7.46. The van der Waals surface area contributed by atoms with Gasteiger partial charge in [-0.25, -0.2) is 0 Å². The predicted octanol–water partition coefficient (Wildman–Crippen LogP) is 0.125. The number of aromatic nitrogens is 1. The Morgan fingerprint density at radius 3 is 2.41 bits per heavy atom. The molecule has 0 radical (unpaired) electrons. The van der Waals surface area contributed by atoms with Crippen LogP contribution in [0.1, 0.15) is 52.5 Å². The number of hydrogen-bond acceptors (Lipinski definition) is 7. The lowest BCUT2D eigenvalue weighted by Crippen LogP contribution is -2.57. The van der Waals surface area contributed by atoms with Gasteiger partial charge < -0.3 is 25.6 Å². The molecule has 0 bridgehead atoms. The summed E-state index contributed by atoms with van der Waals surface area (Å²) in [7, 11) is 0. The van der Waals surface area contributed by atoms with Gasteiger partial charge in [-0.05, 0) is 49.8 Å². The Morgan fingerprint density at radius 2 is 1.81 bits per heavy atom. The number of pyridine rings is 1. The molecule has 11 nitrogen and oxygen atoms in total. The molecule has 37 heavy (non-hydrogen) atoms. The molecule has 11 heteroatoms. The number of ether oxygens (including phenoxy) is 1. The highest BCUT2D eigenvalue weighted by Crippen LogP contribution is 2.29. The van der Waals surface area contributed by atoms with Crippen LogP contribution >= 0.6 is 0 Å². The second-order valence-electron chi connectivity index (χ2n) is 10.4. The number of nitrogens with zero attached hydrogens (tertiary/aromatic N) is 2. The highest BCUT2D eigenvalue weighted by molar-refractivity contribution is 5.98. The number of Topliss-reactive ketones (excluding diaryl/α,β-unsaturated/α-hetero) is 1. The molecule has 3 rings (SSSR count). The maximum absolute atomic E-state index is 13.5. The Kier molecular flexibility index (Phi) is 9.36. The topological polar surface area (TPSA) is 150 Å². The molecule has 1 aromatic heterocycles. The lowest BCUT2D eigenvalue weighted by atomic mass is 9.93. The van der Waals surface area contributed by atoms with Gasteiger partial charge in [0.15, 0.2) is 5.78 Å². The van der Waals surface area contributed by atoms with Crippen molar-refractivity contribution in [3.05, 3.63) is 30.1 Å². The molecule has 2 saturated heterocycles. The molecule has 0 saturated carbocycles. The summed E-state index contributed by atoms with van der Waals surface area (Å²) >= 11 is 0. The van der Waals surface area contributed by atoms with Crippen LogP contribution in [0.15, 0.2) is 24.5 Å². The summed E-state index contributed by atoms with van der Waals surface area (Å²) in [5, 5.41) is 8.13. The summed E-state index contributed by atoms with van der Waals surface area (Å²) in [6.07, 6.45) is 4.90. The average molecular weight is 516 g/mol. The monoisotopic (exact) mass is 515 g/mol. The highest BCUT2D eigenvalue weighted by atomic mass is 16.6. The van der Waals surface area contributed by atoms with Gasteiger partial charge in [0.05, 0.1) is 19.2 Å². The van der Waals surface area contributed by atoms with E-state index in [2.05, 4.69) is 20.9 Å². The third kappa shape index (κ3) is 7.82. The maximum Gasteiger partial charge on any atom is 0.243 e. The quantitative estimate of drug-likeness (QED) is 0.335. The Morgan fingerprint density at radius 1 is 1.14 bits per heavy atom. The third-order valence-electron chi connectivity index (χ3n) is 6.63. The fourth-order valence-electron chi connectivity index (χ4n) is 4.47. The van der Waals surface area contributed by atoms with Crippen molar-refractivity contribution < 1.29 is 28.7 Å². The van der Waals surface area contributed by atoms with E-state index in [0.717, 1.165) is 5.56 Å². The van der Waals surface area contributed by atoms with Gasteiger partial charge in [0.25, 0.3) is 0 Å². The zero-order valence-corrected chi connectivity index (χ0v) is 21.9. The lowest BCUT2D eigenvalue weighted by molar-refractivity contribution is -0.139. The van der Waals surface area contributed by atoms with Crippen molar-refractivity contribution in [3.8, 4) is 0 Å². The molecular formula is C26H37N5O6. The highest BCUT2D eigenvalue weighted by Gasteiger charge is 2.50. The van der Waals surface area contributed by atoms with Gasteiger partial charge in [-0.15, -0.1) is 0 Å². The summed E-state index contributed by atoms with van der Waals surface area (Å²) in [6, 6.07) is 1.03. The Bertz CT molecular complexity index is 1010. The number of carbonyl (C=O) groups excluding carboxylic acids is 5. The van der Waals surface area contributed by atoms with E-state index >= 15 is 0 Å². The van der Waals surface area contributed by atoms with E-state index in [4.69, 9.17) is 4.74 Å². The van der Waals surface area contributed by atoms with E-state index in [9.17, 15) is 24.0 Å². The predicted molar refractivity (Wildman–Crippen MR) is 134 cm³/mol. The van der Waals surface area contributed by atoms with E-state index in [1.807, 2.05) is 13.8 Å². The molecule has 202 valence electrons. The normalized spacial score (nSPS) is 22.2. The Balaban J connectivity index is 1.75. The molecule has 1 aromatic rings. The van der Waals surface area contributed by atoms with Gasteiger partial charge in [0.1, 0.15) is 17.7 Å². The van der Waals surface area contributed by atoms with Crippen LogP contribution in [-0.4, -0.2) is 82.7 Å². The lowest BCUT2D eigenvalue weighted by Gasteiger charge is -2.28.